The molecule has 5 rings (SSSR count). The van der Waals surface area contributed by atoms with Gasteiger partial charge in [-0.3, -0.25) is 4.79 Å². The average Bonchev–Trinajstić information content (AvgIpc) is 3.15. The lowest BCUT2D eigenvalue weighted by molar-refractivity contribution is 0.0951. The lowest BCUT2D eigenvalue weighted by Gasteiger charge is -2.36. The highest BCUT2D eigenvalue weighted by molar-refractivity contribution is 9.10. The van der Waals surface area contributed by atoms with Gasteiger partial charge in [0.2, 0.25) is 0 Å². The molecule has 0 N–H and O–H groups in total. The Labute approximate surface area is 205 Å². The van der Waals surface area contributed by atoms with Crippen molar-refractivity contribution in [2.75, 3.05) is 4.90 Å². The van der Waals surface area contributed by atoms with E-state index in [2.05, 4.69) is 28.1 Å². The maximum absolute atomic E-state index is 14.1. The molecule has 1 saturated heterocycles. The standard InChI is InChI=1S/C27H17BrClN3O/c28-20-12-9-19(10-13-20)26(33)25-23(17-5-2-1-3-6-17)27(15-30,16-31)22-14-11-18-7-4-8-21(29)24(18)32(22)25/h1-14,22-23,25H/t22-,23-,25+/m1/s1. The van der Waals surface area contributed by atoms with Crippen LogP contribution in [0.15, 0.2) is 83.3 Å². The number of fused-ring (bicyclic) bond motifs is 3. The quantitative estimate of drug-likeness (QED) is 0.380. The van der Waals surface area contributed by atoms with E-state index in [1.54, 1.807) is 18.2 Å². The van der Waals surface area contributed by atoms with Crippen molar-refractivity contribution in [2.45, 2.75) is 18.0 Å². The normalized spacial score (nSPS) is 22.1. The molecule has 3 aromatic carbocycles. The fourth-order valence-corrected chi connectivity index (χ4v) is 5.65. The number of hydrogen-bond acceptors (Lipinski definition) is 4. The molecular formula is C27H17BrClN3O. The molecule has 0 saturated carbocycles. The fraction of sp³-hybridized carbons (Fsp3) is 0.148. The van der Waals surface area contributed by atoms with Crippen LogP contribution in [0.1, 0.15) is 27.4 Å². The van der Waals surface area contributed by atoms with E-state index in [1.807, 2.05) is 71.6 Å². The number of anilines is 1. The molecule has 0 radical (unpaired) electrons. The highest BCUT2D eigenvalue weighted by Gasteiger charge is 2.63. The first-order valence-electron chi connectivity index (χ1n) is 10.4. The van der Waals surface area contributed by atoms with Crippen molar-refractivity contribution in [1.82, 2.24) is 0 Å². The molecule has 0 aromatic heterocycles. The number of carbonyl (C=O) groups is 1. The summed E-state index contributed by atoms with van der Waals surface area (Å²) in [5, 5.41) is 21.3. The third-order valence-electron chi connectivity index (χ3n) is 6.53. The minimum Gasteiger partial charge on any atom is -0.350 e. The van der Waals surface area contributed by atoms with Crippen LogP contribution in [0.3, 0.4) is 0 Å². The monoisotopic (exact) mass is 513 g/mol. The van der Waals surface area contributed by atoms with E-state index in [4.69, 9.17) is 11.6 Å². The van der Waals surface area contributed by atoms with Gasteiger partial charge in [-0.2, -0.15) is 10.5 Å². The fourth-order valence-electron chi connectivity index (χ4n) is 5.11. The Kier molecular flexibility index (Phi) is 5.33. The van der Waals surface area contributed by atoms with Gasteiger partial charge in [-0.05, 0) is 29.3 Å². The number of ketones is 1. The third kappa shape index (κ3) is 3.20. The largest absolute Gasteiger partial charge is 0.350 e. The van der Waals surface area contributed by atoms with Gasteiger partial charge >= 0.3 is 0 Å². The van der Waals surface area contributed by atoms with Crippen LogP contribution in [0.25, 0.3) is 6.08 Å². The van der Waals surface area contributed by atoms with Gasteiger partial charge in [0.05, 0.1) is 28.9 Å². The van der Waals surface area contributed by atoms with Crippen molar-refractivity contribution in [3.63, 3.8) is 0 Å². The third-order valence-corrected chi connectivity index (χ3v) is 7.37. The maximum atomic E-state index is 14.1. The van der Waals surface area contributed by atoms with Crippen LogP contribution < -0.4 is 4.90 Å². The molecule has 1 fully saturated rings. The molecule has 0 aliphatic carbocycles. The molecule has 4 nitrogen and oxygen atoms in total. The number of nitriles is 2. The van der Waals surface area contributed by atoms with E-state index in [0.29, 0.717) is 16.3 Å². The minimum atomic E-state index is -1.48. The number of nitrogens with zero attached hydrogens (tertiary/aromatic N) is 3. The van der Waals surface area contributed by atoms with Crippen LogP contribution in [0.2, 0.25) is 5.02 Å². The molecule has 160 valence electrons. The van der Waals surface area contributed by atoms with E-state index < -0.39 is 23.4 Å². The number of halogens is 2. The first-order valence-corrected chi connectivity index (χ1v) is 11.6. The first kappa shape index (κ1) is 21.5. The number of carbonyl (C=O) groups excluding carboxylic acids is 1. The topological polar surface area (TPSA) is 67.9 Å². The maximum Gasteiger partial charge on any atom is 0.185 e. The Morgan fingerprint density at radius 3 is 2.33 bits per heavy atom. The van der Waals surface area contributed by atoms with Crippen molar-refractivity contribution in [3.05, 3.63) is 105 Å². The summed E-state index contributed by atoms with van der Waals surface area (Å²) in [6.45, 7) is 0. The molecule has 3 atom stereocenters. The number of rotatable bonds is 3. The van der Waals surface area contributed by atoms with Gasteiger partial charge < -0.3 is 4.90 Å². The lowest BCUT2D eigenvalue weighted by Crippen LogP contribution is -2.44. The van der Waals surface area contributed by atoms with Crippen molar-refractivity contribution >= 4 is 45.1 Å². The number of para-hydroxylation sites is 1. The molecule has 3 aromatic rings. The van der Waals surface area contributed by atoms with Crippen LogP contribution in [0.4, 0.5) is 5.69 Å². The van der Waals surface area contributed by atoms with Crippen LogP contribution >= 0.6 is 27.5 Å². The van der Waals surface area contributed by atoms with E-state index in [0.717, 1.165) is 15.6 Å². The van der Waals surface area contributed by atoms with Gasteiger partial charge in [-0.25, -0.2) is 0 Å². The van der Waals surface area contributed by atoms with E-state index in [-0.39, 0.29) is 5.78 Å². The van der Waals surface area contributed by atoms with Gasteiger partial charge in [-0.1, -0.05) is 94.3 Å². The van der Waals surface area contributed by atoms with Gasteiger partial charge in [0.25, 0.3) is 0 Å². The van der Waals surface area contributed by atoms with Crippen LogP contribution in [0, 0.1) is 28.1 Å². The second-order valence-corrected chi connectivity index (χ2v) is 9.51. The summed E-state index contributed by atoms with van der Waals surface area (Å²) in [6.07, 6.45) is 3.75. The van der Waals surface area contributed by atoms with Gasteiger partial charge in [0.15, 0.2) is 11.2 Å². The highest BCUT2D eigenvalue weighted by Crippen LogP contribution is 2.56. The number of hydrogen-bond donors (Lipinski definition) is 0. The Bertz CT molecular complexity index is 1340. The second kappa shape index (κ2) is 8.19. The second-order valence-electron chi connectivity index (χ2n) is 8.19. The Balaban J connectivity index is 1.80. The molecule has 33 heavy (non-hydrogen) atoms. The zero-order valence-electron chi connectivity index (χ0n) is 17.3. The van der Waals surface area contributed by atoms with Crippen molar-refractivity contribution in [2.24, 2.45) is 5.41 Å². The summed E-state index contributed by atoms with van der Waals surface area (Å²) >= 11 is 10.1. The van der Waals surface area contributed by atoms with Crippen LogP contribution in [-0.2, 0) is 0 Å². The van der Waals surface area contributed by atoms with E-state index >= 15 is 0 Å². The zero-order chi connectivity index (χ0) is 23.2. The van der Waals surface area contributed by atoms with Gasteiger partial charge in [0.1, 0.15) is 6.04 Å². The predicted molar refractivity (Wildman–Crippen MR) is 132 cm³/mol. The van der Waals surface area contributed by atoms with Crippen molar-refractivity contribution in [3.8, 4) is 12.1 Å². The Morgan fingerprint density at radius 1 is 0.970 bits per heavy atom. The summed E-state index contributed by atoms with van der Waals surface area (Å²) in [7, 11) is 0. The summed E-state index contributed by atoms with van der Waals surface area (Å²) in [6, 6.07) is 25.3. The molecule has 2 aliphatic heterocycles. The summed E-state index contributed by atoms with van der Waals surface area (Å²) in [4.78, 5) is 16.0. The molecule has 2 aliphatic rings. The van der Waals surface area contributed by atoms with Gasteiger partial charge in [-0.15, -0.1) is 0 Å². The smallest absolute Gasteiger partial charge is 0.185 e. The summed E-state index contributed by atoms with van der Waals surface area (Å²) in [5.41, 5.74) is 1.33. The SMILES string of the molecule is N#CC1(C#N)[C@H](c2ccccc2)[C@@H](C(=O)c2ccc(Br)cc2)N2c3c(Cl)cccc3C=C[C@@H]21. The number of Topliss-reactive ketones (excluding diaryl/α,β-unsaturated/α-hetero) is 1. The first-order chi connectivity index (χ1) is 16.0. The molecule has 2 heterocycles. The Hall–Kier alpha value is -3.38. The summed E-state index contributed by atoms with van der Waals surface area (Å²) in [5.74, 6) is -0.836. The highest BCUT2D eigenvalue weighted by atomic mass is 79.9. The molecular weight excluding hydrogens is 498 g/mol. The minimum absolute atomic E-state index is 0.158. The van der Waals surface area contributed by atoms with Crippen molar-refractivity contribution in [1.29, 1.82) is 10.5 Å². The predicted octanol–water partition coefficient (Wildman–Crippen LogP) is 6.39. The summed E-state index contributed by atoms with van der Waals surface area (Å²) < 4.78 is 0.862. The molecule has 0 amide bonds. The zero-order valence-corrected chi connectivity index (χ0v) is 19.7. The van der Waals surface area contributed by atoms with Crippen molar-refractivity contribution < 1.29 is 4.79 Å². The molecule has 0 spiro atoms. The van der Waals surface area contributed by atoms with Crippen LogP contribution in [0.5, 0.6) is 0 Å². The average molecular weight is 515 g/mol. The van der Waals surface area contributed by atoms with E-state index in [9.17, 15) is 15.3 Å². The lowest BCUT2D eigenvalue weighted by atomic mass is 9.69. The Morgan fingerprint density at radius 2 is 1.67 bits per heavy atom. The van der Waals surface area contributed by atoms with Crippen LogP contribution in [-0.4, -0.2) is 17.9 Å². The van der Waals surface area contributed by atoms with E-state index in [1.165, 1.54) is 0 Å². The number of benzene rings is 3. The molecule has 6 heteroatoms. The van der Waals surface area contributed by atoms with Gasteiger partial charge in [0, 0.05) is 16.0 Å². The molecule has 0 bridgehead atoms. The molecule has 0 unspecified atom stereocenters.